The van der Waals surface area contributed by atoms with E-state index < -0.39 is 0 Å². The van der Waals surface area contributed by atoms with Gasteiger partial charge >= 0.3 is 0 Å². The molecule has 1 saturated heterocycles. The molecule has 0 aliphatic carbocycles. The van der Waals surface area contributed by atoms with Crippen LogP contribution in [-0.4, -0.2) is 33.9 Å². The minimum absolute atomic E-state index is 0.0633. The van der Waals surface area contributed by atoms with Gasteiger partial charge in [0.15, 0.2) is 5.69 Å². The highest BCUT2D eigenvalue weighted by Gasteiger charge is 2.22. The average molecular weight is 242 g/mol. The monoisotopic (exact) mass is 242 g/mol. The van der Waals surface area contributed by atoms with Crippen LogP contribution >= 0.6 is 0 Å². The SMILES string of the molecule is Cc1ccccc1C(=O)c1cn(C2CNC2)nn1. The van der Waals surface area contributed by atoms with Crippen LogP contribution in [0.4, 0.5) is 0 Å². The van der Waals surface area contributed by atoms with E-state index in [0.717, 1.165) is 18.7 Å². The molecule has 2 aromatic rings. The molecular formula is C13H14N4O. The van der Waals surface area contributed by atoms with Gasteiger partial charge in [0.1, 0.15) is 0 Å². The Morgan fingerprint density at radius 3 is 2.83 bits per heavy atom. The Morgan fingerprint density at radius 2 is 2.17 bits per heavy atom. The molecule has 1 N–H and O–H groups in total. The Labute approximate surface area is 105 Å². The van der Waals surface area contributed by atoms with Crippen molar-refractivity contribution in [1.29, 1.82) is 0 Å². The molecule has 0 bridgehead atoms. The molecular weight excluding hydrogens is 228 g/mol. The predicted octanol–water partition coefficient (Wildman–Crippen LogP) is 0.962. The highest BCUT2D eigenvalue weighted by Crippen LogP contribution is 2.14. The topological polar surface area (TPSA) is 59.8 Å². The summed E-state index contributed by atoms with van der Waals surface area (Å²) in [5, 5.41) is 11.2. The summed E-state index contributed by atoms with van der Waals surface area (Å²) in [4.78, 5) is 12.3. The van der Waals surface area contributed by atoms with E-state index in [1.54, 1.807) is 10.9 Å². The van der Waals surface area contributed by atoms with Crippen molar-refractivity contribution in [3.05, 3.63) is 47.3 Å². The van der Waals surface area contributed by atoms with Crippen molar-refractivity contribution in [2.24, 2.45) is 0 Å². The van der Waals surface area contributed by atoms with E-state index in [0.29, 0.717) is 17.3 Å². The fraction of sp³-hybridized carbons (Fsp3) is 0.308. The number of aromatic nitrogens is 3. The lowest BCUT2D eigenvalue weighted by atomic mass is 10.0. The fourth-order valence-corrected chi connectivity index (χ4v) is 1.99. The van der Waals surface area contributed by atoms with E-state index >= 15 is 0 Å². The molecule has 92 valence electrons. The van der Waals surface area contributed by atoms with Gasteiger partial charge in [-0.05, 0) is 12.5 Å². The van der Waals surface area contributed by atoms with Gasteiger partial charge in [0, 0.05) is 18.7 Å². The Kier molecular flexibility index (Phi) is 2.68. The summed E-state index contributed by atoms with van der Waals surface area (Å²) in [6.45, 7) is 3.70. The van der Waals surface area contributed by atoms with Crippen molar-refractivity contribution < 1.29 is 4.79 Å². The molecule has 1 aromatic heterocycles. The van der Waals surface area contributed by atoms with Crippen LogP contribution in [0.1, 0.15) is 27.7 Å². The first-order valence-corrected chi connectivity index (χ1v) is 5.98. The summed E-state index contributed by atoms with van der Waals surface area (Å²) < 4.78 is 1.77. The highest BCUT2D eigenvalue weighted by atomic mass is 16.1. The number of aryl methyl sites for hydroxylation is 1. The summed E-state index contributed by atoms with van der Waals surface area (Å²) >= 11 is 0. The summed E-state index contributed by atoms with van der Waals surface area (Å²) in [5.41, 5.74) is 2.06. The first-order chi connectivity index (χ1) is 8.75. The van der Waals surface area contributed by atoms with Crippen LogP contribution < -0.4 is 5.32 Å². The van der Waals surface area contributed by atoms with Crippen LogP contribution in [0.15, 0.2) is 30.5 Å². The molecule has 18 heavy (non-hydrogen) atoms. The van der Waals surface area contributed by atoms with Crippen LogP contribution in [0.2, 0.25) is 0 Å². The van der Waals surface area contributed by atoms with Gasteiger partial charge in [0.05, 0.1) is 12.2 Å². The van der Waals surface area contributed by atoms with E-state index in [-0.39, 0.29) is 5.78 Å². The number of nitrogens with one attached hydrogen (secondary N) is 1. The third-order valence-electron chi connectivity index (χ3n) is 3.27. The summed E-state index contributed by atoms with van der Waals surface area (Å²) in [6.07, 6.45) is 1.74. The minimum atomic E-state index is -0.0633. The summed E-state index contributed by atoms with van der Waals surface area (Å²) in [5.74, 6) is -0.0633. The number of rotatable bonds is 3. The Morgan fingerprint density at radius 1 is 1.39 bits per heavy atom. The molecule has 1 aliphatic heterocycles. The summed E-state index contributed by atoms with van der Waals surface area (Å²) in [6, 6.07) is 7.86. The van der Waals surface area contributed by atoms with Crippen molar-refractivity contribution in [2.75, 3.05) is 13.1 Å². The van der Waals surface area contributed by atoms with Gasteiger partial charge < -0.3 is 5.32 Å². The molecule has 1 aromatic carbocycles. The van der Waals surface area contributed by atoms with Crippen LogP contribution in [0, 0.1) is 6.92 Å². The molecule has 2 heterocycles. The van der Waals surface area contributed by atoms with Crippen LogP contribution in [0.25, 0.3) is 0 Å². The Hall–Kier alpha value is -2.01. The maximum atomic E-state index is 12.3. The van der Waals surface area contributed by atoms with Gasteiger partial charge in [-0.2, -0.15) is 0 Å². The van der Waals surface area contributed by atoms with Crippen LogP contribution in [0.3, 0.4) is 0 Å². The number of nitrogens with zero attached hydrogens (tertiary/aromatic N) is 3. The lowest BCUT2D eigenvalue weighted by molar-refractivity contribution is 0.103. The normalized spacial score (nSPS) is 15.4. The second-order valence-electron chi connectivity index (χ2n) is 4.54. The van der Waals surface area contributed by atoms with E-state index in [9.17, 15) is 4.79 Å². The quantitative estimate of drug-likeness (QED) is 0.814. The second kappa shape index (κ2) is 4.34. The molecule has 0 amide bonds. The molecule has 0 unspecified atom stereocenters. The zero-order valence-corrected chi connectivity index (χ0v) is 10.1. The zero-order valence-electron chi connectivity index (χ0n) is 10.1. The molecule has 0 spiro atoms. The number of carbonyl (C=O) groups is 1. The zero-order chi connectivity index (χ0) is 12.5. The lowest BCUT2D eigenvalue weighted by Crippen LogP contribution is -2.43. The smallest absolute Gasteiger partial charge is 0.215 e. The van der Waals surface area contributed by atoms with Crippen molar-refractivity contribution in [3.8, 4) is 0 Å². The van der Waals surface area contributed by atoms with E-state index in [4.69, 9.17) is 0 Å². The molecule has 0 saturated carbocycles. The molecule has 3 rings (SSSR count). The van der Waals surface area contributed by atoms with E-state index in [2.05, 4.69) is 15.6 Å². The summed E-state index contributed by atoms with van der Waals surface area (Å²) in [7, 11) is 0. The van der Waals surface area contributed by atoms with Crippen molar-refractivity contribution >= 4 is 5.78 Å². The first kappa shape index (κ1) is 11.1. The Bertz CT molecular complexity index is 586. The fourth-order valence-electron chi connectivity index (χ4n) is 1.99. The van der Waals surface area contributed by atoms with E-state index in [1.165, 1.54) is 0 Å². The van der Waals surface area contributed by atoms with Gasteiger partial charge in [0.25, 0.3) is 0 Å². The number of benzene rings is 1. The van der Waals surface area contributed by atoms with Crippen LogP contribution in [-0.2, 0) is 0 Å². The van der Waals surface area contributed by atoms with Crippen molar-refractivity contribution in [1.82, 2.24) is 20.3 Å². The molecule has 1 aliphatic rings. The maximum absolute atomic E-state index is 12.3. The molecule has 0 radical (unpaired) electrons. The van der Waals surface area contributed by atoms with Gasteiger partial charge in [-0.1, -0.05) is 29.5 Å². The second-order valence-corrected chi connectivity index (χ2v) is 4.54. The number of ketones is 1. The van der Waals surface area contributed by atoms with Gasteiger partial charge in [0.2, 0.25) is 5.78 Å². The van der Waals surface area contributed by atoms with Gasteiger partial charge in [-0.25, -0.2) is 4.68 Å². The van der Waals surface area contributed by atoms with Gasteiger partial charge in [-0.3, -0.25) is 4.79 Å². The molecule has 0 atom stereocenters. The number of carbonyl (C=O) groups excluding carboxylic acids is 1. The first-order valence-electron chi connectivity index (χ1n) is 5.98. The largest absolute Gasteiger partial charge is 0.312 e. The Balaban J connectivity index is 1.88. The molecule has 5 nitrogen and oxygen atoms in total. The van der Waals surface area contributed by atoms with Crippen molar-refractivity contribution in [3.63, 3.8) is 0 Å². The number of hydrogen-bond acceptors (Lipinski definition) is 4. The lowest BCUT2D eigenvalue weighted by Gasteiger charge is -2.26. The minimum Gasteiger partial charge on any atom is -0.312 e. The molecule has 5 heteroatoms. The standard InChI is InChI=1S/C13H14N4O/c1-9-4-2-3-5-11(9)13(18)12-8-17(16-15-12)10-6-14-7-10/h2-5,8,10,14H,6-7H2,1H3. The predicted molar refractivity (Wildman–Crippen MR) is 66.5 cm³/mol. The van der Waals surface area contributed by atoms with E-state index in [1.807, 2.05) is 31.2 Å². The average Bonchev–Trinajstić information content (AvgIpc) is 2.76. The van der Waals surface area contributed by atoms with Gasteiger partial charge in [-0.15, -0.1) is 5.10 Å². The highest BCUT2D eigenvalue weighted by molar-refractivity contribution is 6.08. The van der Waals surface area contributed by atoms with Crippen molar-refractivity contribution in [2.45, 2.75) is 13.0 Å². The third-order valence-corrected chi connectivity index (χ3v) is 3.27. The molecule has 1 fully saturated rings. The number of hydrogen-bond donors (Lipinski definition) is 1. The van der Waals surface area contributed by atoms with Crippen LogP contribution in [0.5, 0.6) is 0 Å². The third kappa shape index (κ3) is 1.82. The maximum Gasteiger partial charge on any atom is 0.215 e.